The first kappa shape index (κ1) is 23.5. The van der Waals surface area contributed by atoms with E-state index in [2.05, 4.69) is 34.9 Å². The van der Waals surface area contributed by atoms with E-state index in [9.17, 15) is 4.79 Å². The number of carbonyl (C=O) groups is 1. The van der Waals surface area contributed by atoms with Gasteiger partial charge < -0.3 is 19.5 Å². The van der Waals surface area contributed by atoms with Crippen molar-refractivity contribution in [1.29, 1.82) is 0 Å². The van der Waals surface area contributed by atoms with E-state index in [4.69, 9.17) is 9.72 Å². The van der Waals surface area contributed by atoms with Crippen molar-refractivity contribution in [3.05, 3.63) is 95.8 Å². The van der Waals surface area contributed by atoms with Crippen molar-refractivity contribution in [2.24, 2.45) is 0 Å². The van der Waals surface area contributed by atoms with Crippen LogP contribution in [0.1, 0.15) is 28.2 Å². The molecule has 0 aliphatic heterocycles. The van der Waals surface area contributed by atoms with Gasteiger partial charge in [-0.25, -0.2) is 4.98 Å². The molecular formula is C28H32N4O2. The van der Waals surface area contributed by atoms with Crippen molar-refractivity contribution in [2.75, 3.05) is 27.2 Å². The molecule has 4 aromatic rings. The van der Waals surface area contributed by atoms with E-state index >= 15 is 0 Å². The van der Waals surface area contributed by atoms with Crippen LogP contribution in [0.5, 0.6) is 5.75 Å². The molecule has 0 aliphatic rings. The molecule has 1 N–H and O–H groups in total. The summed E-state index contributed by atoms with van der Waals surface area (Å²) >= 11 is 0. The highest BCUT2D eigenvalue weighted by atomic mass is 16.5. The quantitative estimate of drug-likeness (QED) is 0.360. The Morgan fingerprint density at radius 1 is 0.971 bits per heavy atom. The number of benzene rings is 3. The van der Waals surface area contributed by atoms with Crippen LogP contribution in [0.25, 0.3) is 11.0 Å². The molecule has 4 rings (SSSR count). The lowest BCUT2D eigenvalue weighted by atomic mass is 10.2. The van der Waals surface area contributed by atoms with Crippen LogP contribution in [0.15, 0.2) is 78.9 Å². The van der Waals surface area contributed by atoms with E-state index in [1.165, 1.54) is 0 Å². The number of fused-ring (bicyclic) bond motifs is 1. The van der Waals surface area contributed by atoms with Gasteiger partial charge in [0, 0.05) is 25.1 Å². The number of aromatic nitrogens is 2. The molecule has 0 fully saturated rings. The van der Waals surface area contributed by atoms with Crippen molar-refractivity contribution in [2.45, 2.75) is 26.0 Å². The van der Waals surface area contributed by atoms with Crippen LogP contribution in [0.4, 0.5) is 0 Å². The standard InChI is InChI=1S/C28H32N4O2/c1-31(2)19-8-20-32-26-12-7-6-11-25(26)30-27(32)17-18-29-28(33)23-13-15-24(16-14-23)34-21-22-9-4-3-5-10-22/h3-7,9-16H,8,17-21H2,1-2H3,(H,29,33). The maximum absolute atomic E-state index is 12.6. The average molecular weight is 457 g/mol. The van der Waals surface area contributed by atoms with E-state index in [1.807, 2.05) is 60.7 Å². The minimum atomic E-state index is -0.0927. The van der Waals surface area contributed by atoms with Crippen LogP contribution < -0.4 is 10.1 Å². The van der Waals surface area contributed by atoms with Crippen molar-refractivity contribution in [3.8, 4) is 5.75 Å². The van der Waals surface area contributed by atoms with E-state index in [0.717, 1.165) is 47.7 Å². The van der Waals surface area contributed by atoms with Gasteiger partial charge in [0.25, 0.3) is 5.91 Å². The lowest BCUT2D eigenvalue weighted by molar-refractivity contribution is 0.0954. The number of rotatable bonds is 11. The number of carbonyl (C=O) groups excluding carboxylic acids is 1. The molecule has 0 saturated carbocycles. The Bertz CT molecular complexity index is 1200. The summed E-state index contributed by atoms with van der Waals surface area (Å²) in [7, 11) is 4.18. The second kappa shape index (κ2) is 11.5. The first-order valence-electron chi connectivity index (χ1n) is 11.7. The number of aryl methyl sites for hydroxylation is 1. The molecule has 0 spiro atoms. The van der Waals surface area contributed by atoms with Crippen LogP contribution >= 0.6 is 0 Å². The second-order valence-electron chi connectivity index (χ2n) is 8.63. The van der Waals surface area contributed by atoms with Gasteiger partial charge >= 0.3 is 0 Å². The molecule has 34 heavy (non-hydrogen) atoms. The molecule has 0 atom stereocenters. The highest BCUT2D eigenvalue weighted by molar-refractivity contribution is 5.94. The van der Waals surface area contributed by atoms with Crippen LogP contribution in [-0.4, -0.2) is 47.5 Å². The molecule has 1 amide bonds. The number of nitrogens with one attached hydrogen (secondary N) is 1. The van der Waals surface area contributed by atoms with Crippen LogP contribution in [0.2, 0.25) is 0 Å². The Morgan fingerprint density at radius 3 is 2.47 bits per heavy atom. The minimum Gasteiger partial charge on any atom is -0.489 e. The number of nitrogens with zero attached hydrogens (tertiary/aromatic N) is 3. The first-order valence-corrected chi connectivity index (χ1v) is 11.7. The number of imidazole rings is 1. The second-order valence-corrected chi connectivity index (χ2v) is 8.63. The number of amides is 1. The molecule has 0 bridgehead atoms. The smallest absolute Gasteiger partial charge is 0.251 e. The fourth-order valence-electron chi connectivity index (χ4n) is 3.94. The first-order chi connectivity index (χ1) is 16.6. The topological polar surface area (TPSA) is 59.4 Å². The molecule has 1 heterocycles. The summed E-state index contributed by atoms with van der Waals surface area (Å²) in [5, 5.41) is 3.03. The van der Waals surface area contributed by atoms with Gasteiger partial charge in [0.2, 0.25) is 0 Å². The molecule has 0 radical (unpaired) electrons. The molecule has 0 saturated heterocycles. The zero-order valence-corrected chi connectivity index (χ0v) is 19.9. The van der Waals surface area contributed by atoms with Gasteiger partial charge in [0.1, 0.15) is 18.2 Å². The Balaban J connectivity index is 1.32. The molecule has 176 valence electrons. The lowest BCUT2D eigenvalue weighted by Gasteiger charge is -2.13. The fraction of sp³-hybridized carbons (Fsp3) is 0.286. The minimum absolute atomic E-state index is 0.0927. The third kappa shape index (κ3) is 6.23. The summed E-state index contributed by atoms with van der Waals surface area (Å²) in [5.41, 5.74) is 3.87. The zero-order valence-electron chi connectivity index (χ0n) is 19.9. The summed E-state index contributed by atoms with van der Waals surface area (Å²) in [4.78, 5) is 19.7. The molecule has 0 aliphatic carbocycles. The van der Waals surface area contributed by atoms with Crippen LogP contribution in [0, 0.1) is 0 Å². The Hall–Kier alpha value is -3.64. The molecule has 1 aromatic heterocycles. The Morgan fingerprint density at radius 2 is 1.71 bits per heavy atom. The number of hydrogen-bond donors (Lipinski definition) is 1. The Labute approximate surface area is 201 Å². The maximum Gasteiger partial charge on any atom is 0.251 e. The SMILES string of the molecule is CN(C)CCCn1c(CCNC(=O)c2ccc(OCc3ccccc3)cc2)nc2ccccc21. The van der Waals surface area contributed by atoms with Gasteiger partial charge in [-0.2, -0.15) is 0 Å². The van der Waals surface area contributed by atoms with Gasteiger partial charge in [-0.05, 0) is 69.0 Å². The van der Waals surface area contributed by atoms with E-state index in [0.29, 0.717) is 25.1 Å². The third-order valence-corrected chi connectivity index (χ3v) is 5.72. The fourth-order valence-corrected chi connectivity index (χ4v) is 3.94. The average Bonchev–Trinajstić information content (AvgIpc) is 3.21. The maximum atomic E-state index is 12.6. The zero-order chi connectivity index (χ0) is 23.8. The highest BCUT2D eigenvalue weighted by Crippen LogP contribution is 2.17. The molecule has 6 heteroatoms. The van der Waals surface area contributed by atoms with Crippen molar-refractivity contribution >= 4 is 16.9 Å². The molecule has 0 unspecified atom stereocenters. The number of hydrogen-bond acceptors (Lipinski definition) is 4. The van der Waals surface area contributed by atoms with Gasteiger partial charge in [-0.15, -0.1) is 0 Å². The van der Waals surface area contributed by atoms with E-state index in [1.54, 1.807) is 12.1 Å². The van der Waals surface area contributed by atoms with E-state index in [-0.39, 0.29) is 5.91 Å². The third-order valence-electron chi connectivity index (χ3n) is 5.72. The monoisotopic (exact) mass is 456 g/mol. The molecule has 6 nitrogen and oxygen atoms in total. The summed E-state index contributed by atoms with van der Waals surface area (Å²) in [6, 6.07) is 25.5. The summed E-state index contributed by atoms with van der Waals surface area (Å²) in [5.74, 6) is 1.65. The van der Waals surface area contributed by atoms with Gasteiger partial charge in [0.15, 0.2) is 0 Å². The largest absolute Gasteiger partial charge is 0.489 e. The predicted molar refractivity (Wildman–Crippen MR) is 136 cm³/mol. The summed E-state index contributed by atoms with van der Waals surface area (Å²) in [6.45, 7) is 2.96. The van der Waals surface area contributed by atoms with E-state index < -0.39 is 0 Å². The van der Waals surface area contributed by atoms with Crippen LogP contribution in [0.3, 0.4) is 0 Å². The van der Waals surface area contributed by atoms with Gasteiger partial charge in [0.05, 0.1) is 11.0 Å². The number of ether oxygens (including phenoxy) is 1. The number of para-hydroxylation sites is 2. The summed E-state index contributed by atoms with van der Waals surface area (Å²) < 4.78 is 8.09. The highest BCUT2D eigenvalue weighted by Gasteiger charge is 2.12. The van der Waals surface area contributed by atoms with Gasteiger partial charge in [-0.1, -0.05) is 42.5 Å². The summed E-state index contributed by atoms with van der Waals surface area (Å²) in [6.07, 6.45) is 1.73. The van der Waals surface area contributed by atoms with Crippen molar-refractivity contribution in [1.82, 2.24) is 19.8 Å². The molecular weight excluding hydrogens is 424 g/mol. The molecule has 3 aromatic carbocycles. The van der Waals surface area contributed by atoms with Gasteiger partial charge in [-0.3, -0.25) is 4.79 Å². The lowest BCUT2D eigenvalue weighted by Crippen LogP contribution is -2.26. The van der Waals surface area contributed by atoms with Crippen LogP contribution in [-0.2, 0) is 19.6 Å². The Kier molecular flexibility index (Phi) is 7.94. The predicted octanol–water partition coefficient (Wildman–Crippen LogP) is 4.54. The van der Waals surface area contributed by atoms with Crippen molar-refractivity contribution < 1.29 is 9.53 Å². The van der Waals surface area contributed by atoms with Crippen molar-refractivity contribution in [3.63, 3.8) is 0 Å². The normalized spacial score (nSPS) is 11.1.